The van der Waals surface area contributed by atoms with Gasteiger partial charge in [-0.3, -0.25) is 0 Å². The molecular weight excluding hydrogens is 436 g/mol. The Labute approximate surface area is 183 Å². The van der Waals surface area contributed by atoms with Crippen LogP contribution >= 0.6 is 0 Å². The molecule has 0 fully saturated rings. The van der Waals surface area contributed by atoms with Crippen LogP contribution in [0.2, 0.25) is 0 Å². The number of rotatable bonds is 5. The first-order valence-corrected chi connectivity index (χ1v) is 11.8. The molecule has 0 radical (unpaired) electrons. The van der Waals surface area contributed by atoms with Gasteiger partial charge in [0, 0.05) is 17.0 Å². The van der Waals surface area contributed by atoms with E-state index in [-0.39, 0.29) is 28.4 Å². The Hall–Kier alpha value is -3.68. The summed E-state index contributed by atoms with van der Waals surface area (Å²) < 4.78 is 47.9. The summed E-state index contributed by atoms with van der Waals surface area (Å²) in [4.78, 5) is 8.28. The zero-order chi connectivity index (χ0) is 22.9. The van der Waals surface area contributed by atoms with Gasteiger partial charge in [0.15, 0.2) is 5.82 Å². The van der Waals surface area contributed by atoms with E-state index in [1.54, 1.807) is 18.5 Å². The van der Waals surface area contributed by atoms with Crippen molar-refractivity contribution < 1.29 is 17.8 Å². The smallest absolute Gasteiger partial charge is 0.227 e. The lowest BCUT2D eigenvalue weighted by Gasteiger charge is -2.17. The standard InChI is InChI=1S/C22H19F2N5O2S/c1-13-7-14(11-32(2,30)27-12-25)9-15(8-13)28-22-26-10-19(24)20(29-22)17-3-4-18(23)16-5-6-31-21(16)17/h3-10,32H,11H2,1-2H3,(H,27,30)(H,26,28,29). The second-order valence-corrected chi connectivity index (χ2v) is 10.1. The Morgan fingerprint density at radius 3 is 2.81 bits per heavy atom. The summed E-state index contributed by atoms with van der Waals surface area (Å²) in [6.07, 6.45) is 5.58. The van der Waals surface area contributed by atoms with Crippen LogP contribution in [0, 0.1) is 30.0 Å². The largest absolute Gasteiger partial charge is 0.464 e. The fourth-order valence-corrected chi connectivity index (χ4v) is 4.60. The molecule has 4 aromatic rings. The van der Waals surface area contributed by atoms with E-state index in [4.69, 9.17) is 9.68 Å². The third-order valence-corrected chi connectivity index (χ3v) is 6.18. The van der Waals surface area contributed by atoms with Crippen molar-refractivity contribution in [2.75, 3.05) is 11.6 Å². The summed E-state index contributed by atoms with van der Waals surface area (Å²) in [5.41, 5.74) is 2.77. The molecule has 0 aliphatic heterocycles. The van der Waals surface area contributed by atoms with E-state index in [0.29, 0.717) is 11.3 Å². The van der Waals surface area contributed by atoms with Crippen molar-refractivity contribution in [1.29, 1.82) is 5.26 Å². The maximum absolute atomic E-state index is 14.6. The second-order valence-electron chi connectivity index (χ2n) is 7.43. The molecule has 0 spiro atoms. The van der Waals surface area contributed by atoms with Gasteiger partial charge in [-0.25, -0.2) is 18.7 Å². The minimum Gasteiger partial charge on any atom is -0.464 e. The number of fused-ring (bicyclic) bond motifs is 1. The average Bonchev–Trinajstić information content (AvgIpc) is 3.20. The summed E-state index contributed by atoms with van der Waals surface area (Å²) in [6, 6.07) is 9.62. The lowest BCUT2D eigenvalue weighted by atomic mass is 10.1. The van der Waals surface area contributed by atoms with Crippen LogP contribution in [0.15, 0.2) is 57.6 Å². The summed E-state index contributed by atoms with van der Waals surface area (Å²) in [5.74, 6) is -0.785. The molecule has 164 valence electrons. The molecule has 32 heavy (non-hydrogen) atoms. The van der Waals surface area contributed by atoms with Gasteiger partial charge >= 0.3 is 0 Å². The molecule has 2 heterocycles. The maximum Gasteiger partial charge on any atom is 0.227 e. The molecule has 0 saturated carbocycles. The number of halogens is 2. The number of aromatic nitrogens is 2. The number of benzene rings is 2. The number of thiol groups is 1. The number of aryl methyl sites for hydroxylation is 1. The Bertz CT molecular complexity index is 1420. The van der Waals surface area contributed by atoms with Crippen molar-refractivity contribution in [2.24, 2.45) is 4.36 Å². The number of nitrogens with one attached hydrogen (secondary N) is 1. The molecule has 2 aromatic carbocycles. The van der Waals surface area contributed by atoms with Crippen molar-refractivity contribution >= 4 is 32.7 Å². The molecule has 0 amide bonds. The fourth-order valence-electron chi connectivity index (χ4n) is 3.46. The predicted molar refractivity (Wildman–Crippen MR) is 121 cm³/mol. The van der Waals surface area contributed by atoms with Gasteiger partial charge in [-0.15, -0.1) is 4.36 Å². The molecule has 0 unspecified atom stereocenters. The normalized spacial score (nSPS) is 11.9. The topological polar surface area (TPSA) is 107 Å². The molecule has 0 saturated heterocycles. The summed E-state index contributed by atoms with van der Waals surface area (Å²) in [7, 11) is -2.75. The molecule has 0 aliphatic rings. The molecule has 10 heteroatoms. The highest BCUT2D eigenvalue weighted by molar-refractivity contribution is 7.98. The van der Waals surface area contributed by atoms with Gasteiger partial charge in [0.05, 0.1) is 17.8 Å². The Morgan fingerprint density at radius 1 is 1.22 bits per heavy atom. The van der Waals surface area contributed by atoms with Gasteiger partial charge in [-0.05, 0) is 54.6 Å². The molecule has 0 bridgehead atoms. The Kier molecular flexibility index (Phi) is 5.69. The second kappa shape index (κ2) is 8.45. The molecule has 4 rings (SSSR count). The van der Waals surface area contributed by atoms with Crippen molar-refractivity contribution in [3.05, 3.63) is 71.6 Å². The Balaban J connectivity index is 1.70. The first-order chi connectivity index (χ1) is 15.3. The quantitative estimate of drug-likeness (QED) is 0.276. The van der Waals surface area contributed by atoms with Crippen molar-refractivity contribution in [1.82, 2.24) is 9.97 Å². The van der Waals surface area contributed by atoms with Crippen LogP contribution in [0.5, 0.6) is 0 Å². The van der Waals surface area contributed by atoms with E-state index < -0.39 is 21.7 Å². The van der Waals surface area contributed by atoms with Gasteiger partial charge in [-0.2, -0.15) is 5.26 Å². The van der Waals surface area contributed by atoms with Crippen LogP contribution in [0.1, 0.15) is 11.1 Å². The van der Waals surface area contributed by atoms with Gasteiger partial charge in [0.25, 0.3) is 0 Å². The number of anilines is 2. The fraction of sp³-hybridized carbons (Fsp3) is 0.136. The van der Waals surface area contributed by atoms with Gasteiger partial charge in [-0.1, -0.05) is 16.2 Å². The van der Waals surface area contributed by atoms with Gasteiger partial charge in [0.1, 0.15) is 17.1 Å². The van der Waals surface area contributed by atoms with Crippen molar-refractivity contribution in [3.8, 4) is 17.5 Å². The van der Waals surface area contributed by atoms with Crippen LogP contribution in [-0.4, -0.2) is 20.8 Å². The van der Waals surface area contributed by atoms with E-state index in [1.807, 2.05) is 19.1 Å². The van der Waals surface area contributed by atoms with E-state index in [2.05, 4.69) is 19.6 Å². The lowest BCUT2D eigenvalue weighted by Crippen LogP contribution is -2.10. The summed E-state index contributed by atoms with van der Waals surface area (Å²) in [6.45, 7) is 1.88. The van der Waals surface area contributed by atoms with Crippen LogP contribution in [0.3, 0.4) is 0 Å². The predicted octanol–water partition coefficient (Wildman–Crippen LogP) is 5.37. The number of hydrogen-bond acceptors (Lipinski definition) is 6. The SMILES string of the molecule is Cc1cc(C[SH](C)(O)=NC#N)cc(Nc2ncc(F)c(-c3ccc(F)c4ccoc34)n2)c1. The minimum absolute atomic E-state index is 0.0306. The first-order valence-electron chi connectivity index (χ1n) is 9.51. The summed E-state index contributed by atoms with van der Waals surface area (Å²) >= 11 is 0. The van der Waals surface area contributed by atoms with E-state index >= 15 is 0 Å². The van der Waals surface area contributed by atoms with Crippen LogP contribution < -0.4 is 5.32 Å². The third-order valence-electron chi connectivity index (χ3n) is 4.70. The zero-order valence-corrected chi connectivity index (χ0v) is 18.1. The summed E-state index contributed by atoms with van der Waals surface area (Å²) in [5, 5.41) is 12.0. The van der Waals surface area contributed by atoms with Crippen molar-refractivity contribution in [3.63, 3.8) is 0 Å². The lowest BCUT2D eigenvalue weighted by molar-refractivity contribution is 0.605. The average molecular weight is 455 g/mol. The maximum atomic E-state index is 14.6. The molecule has 2 aromatic heterocycles. The van der Waals surface area contributed by atoms with Gasteiger partial charge < -0.3 is 14.3 Å². The zero-order valence-electron chi connectivity index (χ0n) is 17.2. The number of hydrogen-bond donors (Lipinski definition) is 3. The highest BCUT2D eigenvalue weighted by atomic mass is 32.3. The Morgan fingerprint density at radius 2 is 2.03 bits per heavy atom. The highest BCUT2D eigenvalue weighted by Crippen LogP contribution is 2.32. The first kappa shape index (κ1) is 21.5. The molecular formula is C22H19F2N5O2S. The molecule has 7 nitrogen and oxygen atoms in total. The third kappa shape index (κ3) is 4.49. The molecule has 0 aliphatic carbocycles. The number of nitriles is 1. The van der Waals surface area contributed by atoms with Crippen LogP contribution in [-0.2, 0) is 15.9 Å². The number of nitrogens with zero attached hydrogens (tertiary/aromatic N) is 4. The highest BCUT2D eigenvalue weighted by Gasteiger charge is 2.17. The van der Waals surface area contributed by atoms with Gasteiger partial charge in [0.2, 0.25) is 12.1 Å². The van der Waals surface area contributed by atoms with Crippen molar-refractivity contribution in [2.45, 2.75) is 12.7 Å². The monoisotopic (exact) mass is 455 g/mol. The number of furan rings is 1. The van der Waals surface area contributed by atoms with Crippen LogP contribution in [0.25, 0.3) is 22.2 Å². The van der Waals surface area contributed by atoms with Crippen LogP contribution in [0.4, 0.5) is 20.4 Å². The van der Waals surface area contributed by atoms with E-state index in [9.17, 15) is 13.3 Å². The van der Waals surface area contributed by atoms with E-state index in [1.165, 1.54) is 24.5 Å². The minimum atomic E-state index is -2.75. The molecule has 2 N–H and O–H groups in total. The van der Waals surface area contributed by atoms with E-state index in [0.717, 1.165) is 17.3 Å². The molecule has 0 atom stereocenters.